The minimum atomic E-state index is 0.556. The smallest absolute Gasteiger partial charge is 0.0643 e. The molecule has 0 unspecified atom stereocenters. The van der Waals surface area contributed by atoms with Crippen molar-refractivity contribution >= 4 is 17.3 Å². The lowest BCUT2D eigenvalue weighted by Crippen LogP contribution is -2.36. The van der Waals surface area contributed by atoms with E-state index in [2.05, 4.69) is 24.8 Å². The van der Waals surface area contributed by atoms with Crippen LogP contribution in [0.4, 0.5) is 5.69 Å². The van der Waals surface area contributed by atoms with Crippen LogP contribution >= 0.6 is 11.6 Å². The number of rotatable bonds is 6. The molecule has 2 rings (SSSR count). The van der Waals surface area contributed by atoms with Crippen molar-refractivity contribution in [2.24, 2.45) is 11.7 Å². The van der Waals surface area contributed by atoms with Gasteiger partial charge >= 0.3 is 0 Å². The van der Waals surface area contributed by atoms with Gasteiger partial charge in [0.2, 0.25) is 0 Å². The van der Waals surface area contributed by atoms with E-state index in [-0.39, 0.29) is 0 Å². The van der Waals surface area contributed by atoms with E-state index in [1.807, 2.05) is 12.1 Å². The van der Waals surface area contributed by atoms with Crippen molar-refractivity contribution in [1.29, 1.82) is 0 Å². The van der Waals surface area contributed by atoms with Crippen LogP contribution in [-0.4, -0.2) is 12.6 Å². The Morgan fingerprint density at radius 1 is 1.30 bits per heavy atom. The van der Waals surface area contributed by atoms with Gasteiger partial charge in [0, 0.05) is 19.1 Å². The lowest BCUT2D eigenvalue weighted by molar-refractivity contribution is 0.527. The number of para-hydroxylation sites is 1. The summed E-state index contributed by atoms with van der Waals surface area (Å²) in [6.45, 7) is 6.20. The average molecular weight is 295 g/mol. The van der Waals surface area contributed by atoms with Crippen LogP contribution in [0.1, 0.15) is 51.5 Å². The van der Waals surface area contributed by atoms with Gasteiger partial charge in [0.1, 0.15) is 0 Å². The van der Waals surface area contributed by atoms with E-state index in [9.17, 15) is 0 Å². The number of benzene rings is 1. The van der Waals surface area contributed by atoms with Crippen LogP contribution in [0, 0.1) is 5.92 Å². The molecule has 2 nitrogen and oxygen atoms in total. The predicted molar refractivity (Wildman–Crippen MR) is 88.4 cm³/mol. The minimum absolute atomic E-state index is 0.556. The summed E-state index contributed by atoms with van der Waals surface area (Å²) in [5.41, 5.74) is 8.29. The molecular weight excluding hydrogens is 268 g/mol. The summed E-state index contributed by atoms with van der Waals surface area (Å²) in [7, 11) is 0. The van der Waals surface area contributed by atoms with E-state index in [0.717, 1.165) is 11.6 Å². The van der Waals surface area contributed by atoms with Gasteiger partial charge in [-0.15, -0.1) is 0 Å². The molecule has 0 saturated heterocycles. The molecule has 0 spiro atoms. The Morgan fingerprint density at radius 2 is 2.00 bits per heavy atom. The number of halogens is 1. The third-order valence-electron chi connectivity index (χ3n) is 4.29. The van der Waals surface area contributed by atoms with Crippen LogP contribution in [0.25, 0.3) is 0 Å². The highest BCUT2D eigenvalue weighted by Crippen LogP contribution is 2.36. The van der Waals surface area contributed by atoms with E-state index >= 15 is 0 Å². The first-order chi connectivity index (χ1) is 9.63. The van der Waals surface area contributed by atoms with Gasteiger partial charge in [-0.25, -0.2) is 0 Å². The van der Waals surface area contributed by atoms with Crippen molar-refractivity contribution in [3.8, 4) is 0 Å². The van der Waals surface area contributed by atoms with Gasteiger partial charge in [0.15, 0.2) is 0 Å². The summed E-state index contributed by atoms with van der Waals surface area (Å²) in [6, 6.07) is 6.74. The Hall–Kier alpha value is -0.730. The Morgan fingerprint density at radius 3 is 2.60 bits per heavy atom. The zero-order valence-electron chi connectivity index (χ0n) is 12.7. The van der Waals surface area contributed by atoms with Gasteiger partial charge in [0.05, 0.1) is 10.7 Å². The molecule has 0 heterocycles. The number of nitrogens with two attached hydrogens (primary N) is 1. The highest BCUT2D eigenvalue weighted by atomic mass is 35.5. The van der Waals surface area contributed by atoms with Crippen molar-refractivity contribution in [2.75, 3.05) is 11.4 Å². The second-order valence-electron chi connectivity index (χ2n) is 6.27. The zero-order valence-corrected chi connectivity index (χ0v) is 13.5. The maximum absolute atomic E-state index is 6.50. The van der Waals surface area contributed by atoms with Crippen molar-refractivity contribution in [3.63, 3.8) is 0 Å². The molecule has 0 aliphatic heterocycles. The molecule has 1 saturated carbocycles. The van der Waals surface area contributed by atoms with Gasteiger partial charge < -0.3 is 10.6 Å². The molecule has 1 aromatic rings. The summed E-state index contributed by atoms with van der Waals surface area (Å²) >= 11 is 6.50. The Kier molecular flexibility index (Phi) is 5.74. The van der Waals surface area contributed by atoms with Gasteiger partial charge in [-0.05, 0) is 36.8 Å². The molecule has 3 heteroatoms. The second-order valence-corrected chi connectivity index (χ2v) is 6.67. The molecule has 112 valence electrons. The van der Waals surface area contributed by atoms with Gasteiger partial charge in [-0.1, -0.05) is 50.4 Å². The van der Waals surface area contributed by atoms with E-state index < -0.39 is 0 Å². The summed E-state index contributed by atoms with van der Waals surface area (Å²) in [5.74, 6) is 0.711. The van der Waals surface area contributed by atoms with Gasteiger partial charge in [-0.3, -0.25) is 0 Å². The molecule has 0 aromatic heterocycles. The quantitative estimate of drug-likeness (QED) is 0.831. The second kappa shape index (κ2) is 7.33. The monoisotopic (exact) mass is 294 g/mol. The summed E-state index contributed by atoms with van der Waals surface area (Å²) < 4.78 is 0. The molecule has 1 aliphatic rings. The molecule has 0 bridgehead atoms. The fourth-order valence-electron chi connectivity index (χ4n) is 3.14. The summed E-state index contributed by atoms with van der Waals surface area (Å²) in [5, 5.41) is 0.851. The van der Waals surface area contributed by atoms with E-state index in [1.165, 1.54) is 43.4 Å². The number of anilines is 1. The molecule has 0 radical (unpaired) electrons. The lowest BCUT2D eigenvalue weighted by atomic mass is 10.1. The number of nitrogens with zero attached hydrogens (tertiary/aromatic N) is 1. The van der Waals surface area contributed by atoms with E-state index in [1.54, 1.807) is 0 Å². The maximum Gasteiger partial charge on any atom is 0.0643 e. The highest BCUT2D eigenvalue weighted by molar-refractivity contribution is 6.33. The first-order valence-corrected chi connectivity index (χ1v) is 8.25. The van der Waals surface area contributed by atoms with E-state index in [0.29, 0.717) is 18.5 Å². The standard InChI is InChI=1S/C17H27ClN2/c1-13(2)10-11-20(15-7-3-4-8-15)17-14(12-19)6-5-9-16(17)18/h5-6,9,13,15H,3-4,7-8,10-12,19H2,1-2H3. The Balaban J connectivity index is 2.29. The van der Waals surface area contributed by atoms with Gasteiger partial charge in [0.25, 0.3) is 0 Å². The molecular formula is C17H27ClN2. The minimum Gasteiger partial charge on any atom is -0.367 e. The largest absolute Gasteiger partial charge is 0.367 e. The van der Waals surface area contributed by atoms with Crippen LogP contribution in [0.5, 0.6) is 0 Å². The zero-order chi connectivity index (χ0) is 14.5. The average Bonchev–Trinajstić information content (AvgIpc) is 2.94. The maximum atomic E-state index is 6.50. The first-order valence-electron chi connectivity index (χ1n) is 7.87. The van der Waals surface area contributed by atoms with Crippen molar-refractivity contribution in [3.05, 3.63) is 28.8 Å². The molecule has 1 fully saturated rings. The number of hydrogen-bond acceptors (Lipinski definition) is 2. The normalized spacial score (nSPS) is 16.1. The molecule has 0 amide bonds. The van der Waals surface area contributed by atoms with Crippen LogP contribution in [0.3, 0.4) is 0 Å². The van der Waals surface area contributed by atoms with Crippen LogP contribution in [0.15, 0.2) is 18.2 Å². The van der Waals surface area contributed by atoms with E-state index in [4.69, 9.17) is 17.3 Å². The SMILES string of the molecule is CC(C)CCN(c1c(Cl)cccc1CN)C1CCCC1. The Bertz CT molecular complexity index is 425. The van der Waals surface area contributed by atoms with Crippen molar-refractivity contribution < 1.29 is 0 Å². The third-order valence-corrected chi connectivity index (χ3v) is 4.60. The lowest BCUT2D eigenvalue weighted by Gasteiger charge is -2.34. The van der Waals surface area contributed by atoms with Crippen molar-refractivity contribution in [1.82, 2.24) is 0 Å². The van der Waals surface area contributed by atoms with Crippen LogP contribution in [-0.2, 0) is 6.54 Å². The molecule has 1 aliphatic carbocycles. The van der Waals surface area contributed by atoms with Crippen molar-refractivity contribution in [2.45, 2.75) is 58.5 Å². The molecule has 20 heavy (non-hydrogen) atoms. The predicted octanol–water partition coefficient (Wildman–Crippen LogP) is 4.59. The molecule has 0 atom stereocenters. The van der Waals surface area contributed by atoms with Crippen LogP contribution in [0.2, 0.25) is 5.02 Å². The third kappa shape index (κ3) is 3.67. The first kappa shape index (κ1) is 15.7. The highest BCUT2D eigenvalue weighted by Gasteiger charge is 2.25. The fourth-order valence-corrected chi connectivity index (χ4v) is 3.44. The fraction of sp³-hybridized carbons (Fsp3) is 0.647. The molecule has 1 aromatic carbocycles. The summed E-state index contributed by atoms with van der Waals surface area (Å²) in [6.07, 6.45) is 6.45. The Labute approximate surface area is 128 Å². The van der Waals surface area contributed by atoms with Gasteiger partial charge in [-0.2, -0.15) is 0 Å². The topological polar surface area (TPSA) is 29.3 Å². The molecule has 2 N–H and O–H groups in total. The van der Waals surface area contributed by atoms with Crippen LogP contribution < -0.4 is 10.6 Å². The summed E-state index contributed by atoms with van der Waals surface area (Å²) in [4.78, 5) is 2.54. The number of hydrogen-bond donors (Lipinski definition) is 1.